The van der Waals surface area contributed by atoms with E-state index < -0.39 is 23.8 Å². The Balaban J connectivity index is 2.44. The van der Waals surface area contributed by atoms with E-state index >= 15 is 0 Å². The van der Waals surface area contributed by atoms with Gasteiger partial charge in [-0.1, -0.05) is 0 Å². The Morgan fingerprint density at radius 2 is 1.85 bits per heavy atom. The SMILES string of the molecule is Cn1cc(CNCCCCC(F)(F)F)c(=O)n(C)c1=O. The average molecular weight is 293 g/mol. The van der Waals surface area contributed by atoms with Crippen LogP contribution < -0.4 is 16.6 Å². The molecule has 0 aromatic carbocycles. The van der Waals surface area contributed by atoms with Crippen molar-refractivity contribution in [2.75, 3.05) is 6.54 Å². The lowest BCUT2D eigenvalue weighted by Crippen LogP contribution is -2.39. The monoisotopic (exact) mass is 293 g/mol. The molecule has 0 saturated carbocycles. The molecule has 0 atom stereocenters. The van der Waals surface area contributed by atoms with E-state index in [0.717, 1.165) is 4.57 Å². The molecule has 0 aliphatic rings. The topological polar surface area (TPSA) is 56.0 Å². The van der Waals surface area contributed by atoms with Crippen LogP contribution in [0.4, 0.5) is 13.2 Å². The molecular weight excluding hydrogens is 275 g/mol. The molecule has 5 nitrogen and oxygen atoms in total. The molecule has 20 heavy (non-hydrogen) atoms. The van der Waals surface area contributed by atoms with E-state index in [1.807, 2.05) is 0 Å². The van der Waals surface area contributed by atoms with Crippen LogP contribution in [-0.2, 0) is 20.6 Å². The van der Waals surface area contributed by atoms with Gasteiger partial charge in [-0.05, 0) is 19.4 Å². The maximum absolute atomic E-state index is 11.9. The standard InChI is InChI=1S/C12H18F3N3O2/c1-17-8-9(10(19)18(2)11(17)20)7-16-6-4-3-5-12(13,14)15/h8,16H,3-7H2,1-2H3. The highest BCUT2D eigenvalue weighted by Crippen LogP contribution is 2.21. The Morgan fingerprint density at radius 3 is 2.45 bits per heavy atom. The molecule has 1 aromatic rings. The summed E-state index contributed by atoms with van der Waals surface area (Å²) in [5.41, 5.74) is -0.398. The second-order valence-corrected chi connectivity index (χ2v) is 4.66. The molecule has 0 bridgehead atoms. The lowest BCUT2D eigenvalue weighted by molar-refractivity contribution is -0.135. The quantitative estimate of drug-likeness (QED) is 0.793. The molecule has 0 aliphatic heterocycles. The fourth-order valence-electron chi connectivity index (χ4n) is 1.80. The Bertz CT molecular complexity index is 561. The van der Waals surface area contributed by atoms with Crippen molar-refractivity contribution in [3.63, 3.8) is 0 Å². The van der Waals surface area contributed by atoms with Crippen LogP contribution in [0, 0.1) is 0 Å². The van der Waals surface area contributed by atoms with Gasteiger partial charge in [-0.3, -0.25) is 9.36 Å². The minimum Gasteiger partial charge on any atom is -0.312 e. The molecule has 0 radical (unpaired) electrons. The number of aromatic nitrogens is 2. The Hall–Kier alpha value is -1.57. The molecule has 0 spiro atoms. The second-order valence-electron chi connectivity index (χ2n) is 4.66. The van der Waals surface area contributed by atoms with Gasteiger partial charge in [-0.25, -0.2) is 4.79 Å². The van der Waals surface area contributed by atoms with Gasteiger partial charge in [0.1, 0.15) is 0 Å². The molecule has 0 saturated heterocycles. The Morgan fingerprint density at radius 1 is 1.20 bits per heavy atom. The van der Waals surface area contributed by atoms with Crippen molar-refractivity contribution >= 4 is 0 Å². The first-order valence-electron chi connectivity index (χ1n) is 6.25. The Labute approximate surface area is 114 Å². The molecule has 1 heterocycles. The minimum absolute atomic E-state index is 0.0573. The highest BCUT2D eigenvalue weighted by atomic mass is 19.4. The van der Waals surface area contributed by atoms with E-state index in [0.29, 0.717) is 18.5 Å². The summed E-state index contributed by atoms with van der Waals surface area (Å²) < 4.78 is 38.0. The first-order valence-corrected chi connectivity index (χ1v) is 6.25. The number of unbranched alkanes of at least 4 members (excludes halogenated alkanes) is 1. The summed E-state index contributed by atoms with van der Waals surface area (Å²) in [5.74, 6) is 0. The first kappa shape index (κ1) is 16.5. The Kier molecular flexibility index (Phi) is 5.55. The summed E-state index contributed by atoms with van der Waals surface area (Å²) >= 11 is 0. The molecule has 8 heteroatoms. The number of hydrogen-bond donors (Lipinski definition) is 1. The number of halogens is 3. The van der Waals surface area contributed by atoms with Crippen molar-refractivity contribution in [1.82, 2.24) is 14.5 Å². The highest BCUT2D eigenvalue weighted by Gasteiger charge is 2.25. The molecule has 1 N–H and O–H groups in total. The smallest absolute Gasteiger partial charge is 0.312 e. The van der Waals surface area contributed by atoms with Gasteiger partial charge in [-0.2, -0.15) is 13.2 Å². The molecule has 0 amide bonds. The number of aryl methyl sites for hydroxylation is 1. The fourth-order valence-corrected chi connectivity index (χ4v) is 1.80. The number of nitrogens with zero attached hydrogens (tertiary/aromatic N) is 2. The molecule has 0 fully saturated rings. The number of nitrogens with one attached hydrogen (secondary N) is 1. The molecule has 1 rings (SSSR count). The van der Waals surface area contributed by atoms with Crippen LogP contribution in [0.2, 0.25) is 0 Å². The number of rotatable bonds is 6. The third-order valence-electron chi connectivity index (χ3n) is 2.90. The van der Waals surface area contributed by atoms with Crippen molar-refractivity contribution in [3.8, 4) is 0 Å². The molecule has 1 aromatic heterocycles. The summed E-state index contributed by atoms with van der Waals surface area (Å²) in [5, 5.41) is 2.91. The van der Waals surface area contributed by atoms with Crippen LogP contribution in [-0.4, -0.2) is 21.9 Å². The van der Waals surface area contributed by atoms with Crippen LogP contribution in [0.3, 0.4) is 0 Å². The van der Waals surface area contributed by atoms with Gasteiger partial charge in [-0.15, -0.1) is 0 Å². The lowest BCUT2D eigenvalue weighted by Gasteiger charge is -2.08. The van der Waals surface area contributed by atoms with Crippen LogP contribution in [0.15, 0.2) is 15.8 Å². The van der Waals surface area contributed by atoms with Crippen molar-refractivity contribution in [2.24, 2.45) is 14.1 Å². The van der Waals surface area contributed by atoms with E-state index in [9.17, 15) is 22.8 Å². The third kappa shape index (κ3) is 4.84. The van der Waals surface area contributed by atoms with E-state index in [1.54, 1.807) is 0 Å². The van der Waals surface area contributed by atoms with Crippen molar-refractivity contribution in [3.05, 3.63) is 32.6 Å². The predicted molar refractivity (Wildman–Crippen MR) is 68.5 cm³/mol. The van der Waals surface area contributed by atoms with E-state index in [-0.39, 0.29) is 13.0 Å². The molecule has 114 valence electrons. The summed E-state index contributed by atoms with van der Waals surface area (Å²) in [6.07, 6.45) is -3.04. The van der Waals surface area contributed by atoms with Crippen molar-refractivity contribution in [2.45, 2.75) is 32.0 Å². The van der Waals surface area contributed by atoms with Crippen LogP contribution in [0.1, 0.15) is 24.8 Å². The van der Waals surface area contributed by atoms with Crippen LogP contribution >= 0.6 is 0 Å². The van der Waals surface area contributed by atoms with Gasteiger partial charge >= 0.3 is 11.9 Å². The van der Waals surface area contributed by atoms with Crippen molar-refractivity contribution in [1.29, 1.82) is 0 Å². The highest BCUT2D eigenvalue weighted by molar-refractivity contribution is 5.05. The number of hydrogen-bond acceptors (Lipinski definition) is 3. The predicted octanol–water partition coefficient (Wildman–Crippen LogP) is 0.906. The molecule has 0 unspecified atom stereocenters. The van der Waals surface area contributed by atoms with E-state index in [1.165, 1.54) is 24.9 Å². The maximum atomic E-state index is 11.9. The van der Waals surface area contributed by atoms with Gasteiger partial charge in [0.05, 0.1) is 0 Å². The number of alkyl halides is 3. The summed E-state index contributed by atoms with van der Waals surface area (Å²) in [7, 11) is 2.92. The van der Waals surface area contributed by atoms with Gasteiger partial charge in [0.15, 0.2) is 0 Å². The summed E-state index contributed by atoms with van der Waals surface area (Å²) in [4.78, 5) is 23.2. The molecule has 0 aliphatic carbocycles. The van der Waals surface area contributed by atoms with Crippen molar-refractivity contribution < 1.29 is 13.2 Å². The zero-order valence-electron chi connectivity index (χ0n) is 11.5. The summed E-state index contributed by atoms with van der Waals surface area (Å²) in [6.45, 7) is 0.620. The van der Waals surface area contributed by atoms with Crippen LogP contribution in [0.5, 0.6) is 0 Å². The summed E-state index contributed by atoms with van der Waals surface area (Å²) in [6, 6.07) is 0. The zero-order chi connectivity index (χ0) is 15.3. The van der Waals surface area contributed by atoms with Gasteiger partial charge in [0.2, 0.25) is 0 Å². The normalized spacial score (nSPS) is 11.8. The van der Waals surface area contributed by atoms with E-state index in [2.05, 4.69) is 5.32 Å². The average Bonchev–Trinajstić information content (AvgIpc) is 2.35. The van der Waals surface area contributed by atoms with Crippen LogP contribution in [0.25, 0.3) is 0 Å². The zero-order valence-corrected chi connectivity index (χ0v) is 11.5. The van der Waals surface area contributed by atoms with Gasteiger partial charge < -0.3 is 9.88 Å². The molecular formula is C12H18F3N3O2. The fraction of sp³-hybridized carbons (Fsp3) is 0.667. The van der Waals surface area contributed by atoms with Gasteiger partial charge in [0, 0.05) is 38.8 Å². The van der Waals surface area contributed by atoms with Gasteiger partial charge in [0.25, 0.3) is 5.56 Å². The first-order chi connectivity index (χ1) is 9.22. The maximum Gasteiger partial charge on any atom is 0.389 e. The third-order valence-corrected chi connectivity index (χ3v) is 2.90. The van der Waals surface area contributed by atoms with E-state index in [4.69, 9.17) is 0 Å². The largest absolute Gasteiger partial charge is 0.389 e. The lowest BCUT2D eigenvalue weighted by atomic mass is 10.2. The second kappa shape index (κ2) is 6.74. The minimum atomic E-state index is -4.12.